The number of carbonyl (C=O) groups excluding carboxylic acids is 2. The van der Waals surface area contributed by atoms with Crippen LogP contribution in [0.2, 0.25) is 0 Å². The maximum absolute atomic E-state index is 12.9. The third-order valence-corrected chi connectivity index (χ3v) is 5.90. The lowest BCUT2D eigenvalue weighted by Gasteiger charge is -2.27. The molecule has 1 saturated carbocycles. The highest BCUT2D eigenvalue weighted by atomic mass is 32.1. The molecule has 2 aliphatic heterocycles. The van der Waals surface area contributed by atoms with Crippen molar-refractivity contribution in [2.24, 2.45) is 11.8 Å². The summed E-state index contributed by atoms with van der Waals surface area (Å²) in [5.41, 5.74) is 1.26. The lowest BCUT2D eigenvalue weighted by Crippen LogP contribution is -2.37. The van der Waals surface area contributed by atoms with Gasteiger partial charge in [-0.1, -0.05) is 0 Å². The van der Waals surface area contributed by atoms with Crippen molar-refractivity contribution in [3.05, 3.63) is 22.4 Å². The molecular formula is C17H22N2O2S. The minimum absolute atomic E-state index is 0.120. The van der Waals surface area contributed by atoms with Crippen LogP contribution in [0.3, 0.4) is 0 Å². The first-order valence-electron chi connectivity index (χ1n) is 8.32. The van der Waals surface area contributed by atoms with Crippen molar-refractivity contribution in [1.82, 2.24) is 9.80 Å². The van der Waals surface area contributed by atoms with Gasteiger partial charge in [-0.2, -0.15) is 11.3 Å². The van der Waals surface area contributed by atoms with Gasteiger partial charge in [0.1, 0.15) is 0 Å². The third-order valence-electron chi connectivity index (χ3n) is 5.20. The number of hydrogen-bond acceptors (Lipinski definition) is 3. The first kappa shape index (κ1) is 14.2. The average Bonchev–Trinajstić information content (AvgIpc) is 2.96. The van der Waals surface area contributed by atoms with E-state index < -0.39 is 0 Å². The number of nitrogens with zero attached hydrogens (tertiary/aromatic N) is 2. The fourth-order valence-corrected chi connectivity index (χ4v) is 4.51. The Labute approximate surface area is 135 Å². The first-order chi connectivity index (χ1) is 10.7. The molecule has 3 aliphatic rings. The van der Waals surface area contributed by atoms with Crippen molar-refractivity contribution in [3.63, 3.8) is 0 Å². The van der Waals surface area contributed by atoms with Crippen LogP contribution >= 0.6 is 11.3 Å². The van der Waals surface area contributed by atoms with Crippen LogP contribution in [0.5, 0.6) is 0 Å². The van der Waals surface area contributed by atoms with Gasteiger partial charge < -0.3 is 9.80 Å². The highest BCUT2D eigenvalue weighted by Gasteiger charge is 2.41. The van der Waals surface area contributed by atoms with E-state index in [1.807, 2.05) is 9.80 Å². The summed E-state index contributed by atoms with van der Waals surface area (Å²) in [6, 6.07) is 2.35. The van der Waals surface area contributed by atoms with Crippen molar-refractivity contribution in [3.8, 4) is 0 Å². The van der Waals surface area contributed by atoms with Crippen LogP contribution in [0.4, 0.5) is 0 Å². The molecule has 118 valence electrons. The molecule has 3 heterocycles. The summed E-state index contributed by atoms with van der Waals surface area (Å²) >= 11 is 1.69. The van der Waals surface area contributed by atoms with Gasteiger partial charge in [-0.15, -0.1) is 0 Å². The maximum atomic E-state index is 12.9. The number of likely N-dealkylation sites (tertiary alicyclic amines) is 2. The zero-order chi connectivity index (χ0) is 15.1. The molecule has 3 fully saturated rings. The average molecular weight is 318 g/mol. The van der Waals surface area contributed by atoms with Gasteiger partial charge in [-0.3, -0.25) is 9.59 Å². The van der Waals surface area contributed by atoms with Crippen LogP contribution in [0, 0.1) is 11.8 Å². The SMILES string of the molecule is O=C1C[C@H](C(=O)N2CCC[C@H]2c2ccsc2)CN1CC1CC1. The van der Waals surface area contributed by atoms with E-state index in [1.165, 1.54) is 18.4 Å². The Hall–Kier alpha value is -1.36. The summed E-state index contributed by atoms with van der Waals surface area (Å²) in [4.78, 5) is 29.0. The molecule has 5 heteroatoms. The van der Waals surface area contributed by atoms with E-state index in [0.717, 1.165) is 25.9 Å². The van der Waals surface area contributed by atoms with E-state index in [0.29, 0.717) is 18.9 Å². The molecule has 0 radical (unpaired) electrons. The summed E-state index contributed by atoms with van der Waals surface area (Å²) < 4.78 is 0. The van der Waals surface area contributed by atoms with Crippen molar-refractivity contribution in [1.29, 1.82) is 0 Å². The normalized spacial score (nSPS) is 28.6. The minimum Gasteiger partial charge on any atom is -0.342 e. The van der Waals surface area contributed by atoms with Gasteiger partial charge in [-0.25, -0.2) is 0 Å². The highest BCUT2D eigenvalue weighted by Crippen LogP contribution is 2.36. The van der Waals surface area contributed by atoms with Crippen molar-refractivity contribution in [2.45, 2.75) is 38.1 Å². The van der Waals surface area contributed by atoms with Crippen molar-refractivity contribution >= 4 is 23.2 Å². The van der Waals surface area contributed by atoms with Gasteiger partial charge in [0.2, 0.25) is 11.8 Å². The Balaban J connectivity index is 1.43. The molecular weight excluding hydrogens is 296 g/mol. The summed E-state index contributed by atoms with van der Waals surface area (Å²) in [5, 5.41) is 4.22. The zero-order valence-electron chi connectivity index (χ0n) is 12.7. The molecule has 2 atom stereocenters. The van der Waals surface area contributed by atoms with Crippen LogP contribution in [0.1, 0.15) is 43.7 Å². The van der Waals surface area contributed by atoms with Crippen LogP contribution in [-0.4, -0.2) is 41.2 Å². The van der Waals surface area contributed by atoms with Crippen LogP contribution in [0.25, 0.3) is 0 Å². The van der Waals surface area contributed by atoms with Gasteiger partial charge >= 0.3 is 0 Å². The molecule has 0 aromatic carbocycles. The van der Waals surface area contributed by atoms with Crippen molar-refractivity contribution in [2.75, 3.05) is 19.6 Å². The van der Waals surface area contributed by atoms with Crippen LogP contribution < -0.4 is 0 Å². The van der Waals surface area contributed by atoms with E-state index in [4.69, 9.17) is 0 Å². The fraction of sp³-hybridized carbons (Fsp3) is 0.647. The Morgan fingerprint density at radius 3 is 2.91 bits per heavy atom. The summed E-state index contributed by atoms with van der Waals surface area (Å²) in [6.07, 6.45) is 5.02. The number of thiophene rings is 1. The van der Waals surface area contributed by atoms with Gasteiger partial charge in [0.15, 0.2) is 0 Å². The third kappa shape index (κ3) is 2.67. The van der Waals surface area contributed by atoms with Gasteiger partial charge in [0.05, 0.1) is 12.0 Å². The van der Waals surface area contributed by atoms with E-state index in [2.05, 4.69) is 16.8 Å². The molecule has 1 aromatic heterocycles. The summed E-state index contributed by atoms with van der Waals surface area (Å²) in [5.74, 6) is 0.950. The monoisotopic (exact) mass is 318 g/mol. The minimum atomic E-state index is -0.120. The molecule has 2 amide bonds. The van der Waals surface area contributed by atoms with Crippen LogP contribution in [-0.2, 0) is 9.59 Å². The summed E-state index contributed by atoms with van der Waals surface area (Å²) in [6.45, 7) is 2.35. The molecule has 1 aromatic rings. The van der Waals surface area contributed by atoms with E-state index in [9.17, 15) is 9.59 Å². The second-order valence-electron chi connectivity index (χ2n) is 6.89. The van der Waals surface area contributed by atoms with Gasteiger partial charge in [0, 0.05) is 26.1 Å². The topological polar surface area (TPSA) is 40.6 Å². The van der Waals surface area contributed by atoms with Crippen molar-refractivity contribution < 1.29 is 9.59 Å². The largest absolute Gasteiger partial charge is 0.342 e. The van der Waals surface area contributed by atoms with E-state index >= 15 is 0 Å². The molecule has 4 nitrogen and oxygen atoms in total. The van der Waals surface area contributed by atoms with E-state index in [1.54, 1.807) is 11.3 Å². The molecule has 1 aliphatic carbocycles. The Bertz CT molecular complexity index is 567. The molecule has 4 rings (SSSR count). The Kier molecular flexibility index (Phi) is 3.68. The molecule has 0 spiro atoms. The Morgan fingerprint density at radius 2 is 2.18 bits per heavy atom. The second-order valence-corrected chi connectivity index (χ2v) is 7.67. The summed E-state index contributed by atoms with van der Waals surface area (Å²) in [7, 11) is 0. The van der Waals surface area contributed by atoms with Gasteiger partial charge in [0.25, 0.3) is 0 Å². The standard InChI is InChI=1S/C17H22N2O2S/c20-16-8-14(10-18(16)9-12-3-4-12)17(21)19-6-1-2-15(19)13-5-7-22-11-13/h5,7,11-12,14-15H,1-4,6,8-10H2/t14-,15-/m0/s1. The fourth-order valence-electron chi connectivity index (χ4n) is 3.80. The second kappa shape index (κ2) is 5.69. The lowest BCUT2D eigenvalue weighted by atomic mass is 10.0. The number of hydrogen-bond donors (Lipinski definition) is 0. The molecule has 2 saturated heterocycles. The molecule has 0 bridgehead atoms. The number of rotatable bonds is 4. The number of carbonyl (C=O) groups is 2. The van der Waals surface area contributed by atoms with E-state index in [-0.39, 0.29) is 23.8 Å². The first-order valence-corrected chi connectivity index (χ1v) is 9.27. The highest BCUT2D eigenvalue weighted by molar-refractivity contribution is 7.07. The Morgan fingerprint density at radius 1 is 1.32 bits per heavy atom. The predicted octanol–water partition coefficient (Wildman–Crippen LogP) is 2.67. The number of amides is 2. The van der Waals surface area contributed by atoms with Gasteiger partial charge in [-0.05, 0) is 54.0 Å². The molecule has 0 unspecified atom stereocenters. The molecule has 22 heavy (non-hydrogen) atoms. The van der Waals surface area contributed by atoms with Crippen LogP contribution in [0.15, 0.2) is 16.8 Å². The maximum Gasteiger partial charge on any atom is 0.228 e. The smallest absolute Gasteiger partial charge is 0.228 e. The zero-order valence-corrected chi connectivity index (χ0v) is 13.6. The predicted molar refractivity (Wildman–Crippen MR) is 85.4 cm³/mol. The quantitative estimate of drug-likeness (QED) is 0.856. The lowest BCUT2D eigenvalue weighted by molar-refractivity contribution is -0.136. The molecule has 0 N–H and O–H groups in total.